The molecule has 1 fully saturated rings. The Labute approximate surface area is 191 Å². The summed E-state index contributed by atoms with van der Waals surface area (Å²) >= 11 is 1.59. The molecule has 2 aromatic carbocycles. The summed E-state index contributed by atoms with van der Waals surface area (Å²) in [5.74, 6) is 2.14. The standard InChI is InChI=1S/C22H23N3O5S2/c1-28-18-3-5-19(6-4-18)32(26,27)25-10-8-24(9-11-25)13-17-14-31-22(23-17)16-2-7-20-21(12-16)30-15-29-20/h2-7,12,14H,8-11,13,15H2,1H3. The summed E-state index contributed by atoms with van der Waals surface area (Å²) in [7, 11) is -1.95. The van der Waals surface area contributed by atoms with Crippen LogP contribution in [0, 0.1) is 0 Å². The van der Waals surface area contributed by atoms with E-state index in [4.69, 9.17) is 19.2 Å². The maximum atomic E-state index is 12.9. The Kier molecular flexibility index (Phi) is 5.76. The highest BCUT2D eigenvalue weighted by Gasteiger charge is 2.28. The van der Waals surface area contributed by atoms with Crippen LogP contribution in [0.1, 0.15) is 5.69 Å². The average Bonchev–Trinajstić information content (AvgIpc) is 3.48. The van der Waals surface area contributed by atoms with Gasteiger partial charge in [-0.05, 0) is 42.5 Å². The van der Waals surface area contributed by atoms with E-state index in [2.05, 4.69) is 10.3 Å². The van der Waals surface area contributed by atoms with Crippen LogP contribution < -0.4 is 14.2 Å². The van der Waals surface area contributed by atoms with Crippen molar-refractivity contribution in [1.29, 1.82) is 0 Å². The Bertz CT molecular complexity index is 1200. The van der Waals surface area contributed by atoms with Crippen molar-refractivity contribution in [3.05, 3.63) is 53.5 Å². The Balaban J connectivity index is 1.20. The fraction of sp³-hybridized carbons (Fsp3) is 0.318. The molecule has 2 aliphatic heterocycles. The minimum atomic E-state index is -3.50. The molecule has 3 aromatic rings. The van der Waals surface area contributed by atoms with E-state index in [1.807, 2.05) is 18.2 Å². The van der Waals surface area contributed by atoms with Crippen LogP contribution in [0.3, 0.4) is 0 Å². The van der Waals surface area contributed by atoms with Crippen molar-refractivity contribution < 1.29 is 22.6 Å². The van der Waals surface area contributed by atoms with Gasteiger partial charge in [0.25, 0.3) is 0 Å². The molecular formula is C22H23N3O5S2. The molecule has 0 unspecified atom stereocenters. The summed E-state index contributed by atoms with van der Waals surface area (Å²) in [6.45, 7) is 3.17. The third-order valence-electron chi connectivity index (χ3n) is 5.59. The smallest absolute Gasteiger partial charge is 0.243 e. The fourth-order valence-electron chi connectivity index (χ4n) is 3.80. The molecule has 8 nitrogen and oxygen atoms in total. The zero-order valence-corrected chi connectivity index (χ0v) is 19.2. The monoisotopic (exact) mass is 473 g/mol. The number of fused-ring (bicyclic) bond motifs is 1. The first-order valence-electron chi connectivity index (χ1n) is 10.2. The van der Waals surface area contributed by atoms with Gasteiger partial charge < -0.3 is 14.2 Å². The van der Waals surface area contributed by atoms with Gasteiger partial charge in [-0.1, -0.05) is 0 Å². The molecular weight excluding hydrogens is 450 g/mol. The first-order valence-corrected chi connectivity index (χ1v) is 12.6. The molecule has 0 spiro atoms. The Morgan fingerprint density at radius 2 is 1.78 bits per heavy atom. The maximum Gasteiger partial charge on any atom is 0.243 e. The highest BCUT2D eigenvalue weighted by atomic mass is 32.2. The molecule has 10 heteroatoms. The summed E-state index contributed by atoms with van der Waals surface area (Å²) in [4.78, 5) is 7.29. The Morgan fingerprint density at radius 3 is 2.53 bits per heavy atom. The fourth-order valence-corrected chi connectivity index (χ4v) is 6.03. The zero-order valence-electron chi connectivity index (χ0n) is 17.6. The molecule has 0 aliphatic carbocycles. The summed E-state index contributed by atoms with van der Waals surface area (Å²) in [5, 5.41) is 2.99. The van der Waals surface area contributed by atoms with Crippen molar-refractivity contribution >= 4 is 21.4 Å². The molecule has 3 heterocycles. The van der Waals surface area contributed by atoms with Gasteiger partial charge in [0.1, 0.15) is 10.8 Å². The topological polar surface area (TPSA) is 81.2 Å². The number of aromatic nitrogens is 1. The number of rotatable bonds is 6. The second-order valence-corrected chi connectivity index (χ2v) is 10.4. The number of hydrogen-bond acceptors (Lipinski definition) is 8. The van der Waals surface area contributed by atoms with E-state index in [1.165, 1.54) is 0 Å². The van der Waals surface area contributed by atoms with Crippen LogP contribution in [-0.4, -0.2) is 62.7 Å². The van der Waals surface area contributed by atoms with E-state index in [1.54, 1.807) is 47.0 Å². The van der Waals surface area contributed by atoms with E-state index in [9.17, 15) is 8.42 Å². The van der Waals surface area contributed by atoms with Gasteiger partial charge in [0.05, 0.1) is 17.7 Å². The van der Waals surface area contributed by atoms with Crippen LogP contribution in [0.15, 0.2) is 52.7 Å². The second-order valence-electron chi connectivity index (χ2n) is 7.57. The number of ether oxygens (including phenoxy) is 3. The Morgan fingerprint density at radius 1 is 1.03 bits per heavy atom. The predicted octanol–water partition coefficient (Wildman–Crippen LogP) is 3.05. The molecule has 32 heavy (non-hydrogen) atoms. The highest BCUT2D eigenvalue weighted by Crippen LogP contribution is 2.36. The molecule has 5 rings (SSSR count). The summed E-state index contributed by atoms with van der Waals surface area (Å²) in [5.41, 5.74) is 1.98. The van der Waals surface area contributed by atoms with Crippen molar-refractivity contribution in [3.8, 4) is 27.8 Å². The van der Waals surface area contributed by atoms with E-state index in [-0.39, 0.29) is 6.79 Å². The average molecular weight is 474 g/mol. The van der Waals surface area contributed by atoms with Gasteiger partial charge in [0.2, 0.25) is 16.8 Å². The van der Waals surface area contributed by atoms with Crippen LogP contribution in [0.2, 0.25) is 0 Å². The second kappa shape index (κ2) is 8.70. The number of thiazole rings is 1. The van der Waals surface area contributed by atoms with Crippen LogP contribution in [-0.2, 0) is 16.6 Å². The van der Waals surface area contributed by atoms with Gasteiger partial charge in [-0.25, -0.2) is 13.4 Å². The molecule has 0 bridgehead atoms. The molecule has 0 radical (unpaired) electrons. The van der Waals surface area contributed by atoms with Crippen molar-refractivity contribution in [2.45, 2.75) is 11.4 Å². The highest BCUT2D eigenvalue weighted by molar-refractivity contribution is 7.89. The zero-order chi connectivity index (χ0) is 22.1. The first-order chi connectivity index (χ1) is 15.5. The van der Waals surface area contributed by atoms with Gasteiger partial charge in [-0.2, -0.15) is 4.31 Å². The minimum absolute atomic E-state index is 0.252. The number of methoxy groups -OCH3 is 1. The van der Waals surface area contributed by atoms with Crippen molar-refractivity contribution in [3.63, 3.8) is 0 Å². The molecule has 0 amide bonds. The van der Waals surface area contributed by atoms with Crippen molar-refractivity contribution in [2.24, 2.45) is 0 Å². The van der Waals surface area contributed by atoms with Gasteiger partial charge in [-0.3, -0.25) is 4.90 Å². The minimum Gasteiger partial charge on any atom is -0.497 e. The van der Waals surface area contributed by atoms with Gasteiger partial charge in [-0.15, -0.1) is 11.3 Å². The summed E-state index contributed by atoms with van der Waals surface area (Å²) < 4.78 is 43.3. The molecule has 0 atom stereocenters. The lowest BCUT2D eigenvalue weighted by Crippen LogP contribution is -2.48. The maximum absolute atomic E-state index is 12.9. The number of hydrogen-bond donors (Lipinski definition) is 0. The van der Waals surface area contributed by atoms with Crippen molar-refractivity contribution in [1.82, 2.24) is 14.2 Å². The van der Waals surface area contributed by atoms with Crippen LogP contribution in [0.4, 0.5) is 0 Å². The van der Waals surface area contributed by atoms with E-state index >= 15 is 0 Å². The van der Waals surface area contributed by atoms with E-state index < -0.39 is 10.0 Å². The van der Waals surface area contributed by atoms with Crippen LogP contribution in [0.25, 0.3) is 10.6 Å². The normalized spacial score (nSPS) is 16.9. The van der Waals surface area contributed by atoms with Gasteiger partial charge in [0.15, 0.2) is 11.5 Å². The van der Waals surface area contributed by atoms with Crippen molar-refractivity contribution in [2.75, 3.05) is 40.1 Å². The lowest BCUT2D eigenvalue weighted by molar-refractivity contribution is 0.174. The van der Waals surface area contributed by atoms with Gasteiger partial charge >= 0.3 is 0 Å². The predicted molar refractivity (Wildman–Crippen MR) is 121 cm³/mol. The molecule has 1 saturated heterocycles. The number of sulfonamides is 1. The molecule has 0 saturated carbocycles. The largest absolute Gasteiger partial charge is 0.497 e. The van der Waals surface area contributed by atoms with Gasteiger partial charge in [0, 0.05) is 43.7 Å². The molecule has 1 aromatic heterocycles. The number of nitrogens with zero attached hydrogens (tertiary/aromatic N) is 3. The SMILES string of the molecule is COc1ccc(S(=O)(=O)N2CCN(Cc3csc(-c4ccc5c(c4)OCO5)n3)CC2)cc1. The van der Waals surface area contributed by atoms with E-state index in [0.29, 0.717) is 43.4 Å². The summed E-state index contributed by atoms with van der Waals surface area (Å²) in [6, 6.07) is 12.4. The number of benzene rings is 2. The molecule has 168 valence electrons. The number of piperazine rings is 1. The lowest BCUT2D eigenvalue weighted by atomic mass is 10.2. The molecule has 0 N–H and O–H groups in total. The quantitative estimate of drug-likeness (QED) is 0.544. The third-order valence-corrected chi connectivity index (χ3v) is 8.44. The van der Waals surface area contributed by atoms with Crippen LogP contribution >= 0.6 is 11.3 Å². The van der Waals surface area contributed by atoms with E-state index in [0.717, 1.165) is 27.8 Å². The Hall–Kier alpha value is -2.66. The lowest BCUT2D eigenvalue weighted by Gasteiger charge is -2.33. The summed E-state index contributed by atoms with van der Waals surface area (Å²) in [6.07, 6.45) is 0. The van der Waals surface area contributed by atoms with Crippen LogP contribution in [0.5, 0.6) is 17.2 Å². The first kappa shape index (κ1) is 21.2. The third kappa shape index (κ3) is 4.18. The molecule has 2 aliphatic rings.